The van der Waals surface area contributed by atoms with Crippen LogP contribution < -0.4 is 24.3 Å². The summed E-state index contributed by atoms with van der Waals surface area (Å²) in [5.41, 5.74) is 6.82. The second-order valence-corrected chi connectivity index (χ2v) is 19.5. The Balaban J connectivity index is 0.753. The van der Waals surface area contributed by atoms with Crippen molar-refractivity contribution in [1.82, 2.24) is 58.9 Å². The summed E-state index contributed by atoms with van der Waals surface area (Å²) in [6.45, 7) is 11.5. The third kappa shape index (κ3) is 8.62. The van der Waals surface area contributed by atoms with E-state index in [4.69, 9.17) is 29.7 Å². The molecule has 0 spiro atoms. The summed E-state index contributed by atoms with van der Waals surface area (Å²) in [6, 6.07) is 25.1. The summed E-state index contributed by atoms with van der Waals surface area (Å²) >= 11 is 0. The smallest absolute Gasteiger partial charge is 0.225 e. The van der Waals surface area contributed by atoms with E-state index in [1.807, 2.05) is 92.2 Å². The molecule has 0 unspecified atom stereocenters. The Morgan fingerprint density at radius 2 is 0.986 bits per heavy atom. The molecule has 2 aliphatic rings. The molecule has 7 aromatic heterocycles. The van der Waals surface area contributed by atoms with Gasteiger partial charge in [0.25, 0.3) is 0 Å². The highest BCUT2D eigenvalue weighted by molar-refractivity contribution is 5.79. The van der Waals surface area contributed by atoms with Gasteiger partial charge in [-0.05, 0) is 53.9 Å². The standard InChI is InChI=1S/C55H52F2N16O/c1-54(2,42-28-58-52(59-29-42)70-20-16-69(17-21-70)51-48-25-39(34-73(48)66-36-63-51)40-27-64-67(4)32-40)46-15-14-45(57)26-49(46)74-55(3,41-10-12-44(56)13-11-41)43-30-60-53(61-31-43)71-22-18-68(19-23-71)50-47-24-38(33-72(47)65-35-62-50)37-8-6-5-7-9-37/h5-15,24-36H,16-23H2,1-4H3/t55-/m0/s1. The zero-order valence-corrected chi connectivity index (χ0v) is 41.3. The fourth-order valence-electron chi connectivity index (χ4n) is 10.1. The van der Waals surface area contributed by atoms with E-state index in [-0.39, 0.29) is 0 Å². The van der Waals surface area contributed by atoms with E-state index >= 15 is 4.39 Å². The first-order chi connectivity index (χ1) is 36.0. The third-order valence-corrected chi connectivity index (χ3v) is 14.5. The van der Waals surface area contributed by atoms with Crippen molar-refractivity contribution in [2.45, 2.75) is 31.8 Å². The van der Waals surface area contributed by atoms with Crippen LogP contribution in [0, 0.1) is 11.6 Å². The van der Waals surface area contributed by atoms with Gasteiger partial charge in [-0.1, -0.05) is 62.4 Å². The Bertz CT molecular complexity index is 3600. The van der Waals surface area contributed by atoms with Gasteiger partial charge in [0, 0.05) is 142 Å². The molecule has 74 heavy (non-hydrogen) atoms. The van der Waals surface area contributed by atoms with Crippen LogP contribution in [0.15, 0.2) is 147 Å². The Morgan fingerprint density at radius 1 is 0.473 bits per heavy atom. The minimum absolute atomic E-state index is 0.300. The number of nitrogens with zero attached hydrogens (tertiary/aromatic N) is 16. The summed E-state index contributed by atoms with van der Waals surface area (Å²) in [5.74, 6) is 2.36. The number of fused-ring (bicyclic) bond motifs is 2. The number of piperazine rings is 2. The number of aromatic nitrogens is 12. The van der Waals surface area contributed by atoms with Gasteiger partial charge in [-0.3, -0.25) is 4.68 Å². The molecular formula is C55H52F2N16O. The van der Waals surface area contributed by atoms with E-state index in [1.165, 1.54) is 24.3 Å². The largest absolute Gasteiger partial charge is 0.478 e. The average molecular weight is 991 g/mol. The molecule has 0 bridgehead atoms. The van der Waals surface area contributed by atoms with Crippen LogP contribution in [-0.2, 0) is 18.1 Å². The van der Waals surface area contributed by atoms with Crippen LogP contribution in [0.25, 0.3) is 33.3 Å². The summed E-state index contributed by atoms with van der Waals surface area (Å²) < 4.78 is 42.5. The molecule has 2 aliphatic heterocycles. The van der Waals surface area contributed by atoms with E-state index in [0.29, 0.717) is 86.7 Å². The van der Waals surface area contributed by atoms with Gasteiger partial charge in [-0.25, -0.2) is 47.7 Å². The maximum Gasteiger partial charge on any atom is 0.225 e. The molecular weight excluding hydrogens is 939 g/mol. The average Bonchev–Trinajstić information content (AvgIpc) is 4.20. The Hall–Kier alpha value is -8.87. The van der Waals surface area contributed by atoms with Crippen LogP contribution in [0.1, 0.15) is 43.0 Å². The van der Waals surface area contributed by atoms with E-state index in [9.17, 15) is 4.39 Å². The monoisotopic (exact) mass is 990 g/mol. The quantitative estimate of drug-likeness (QED) is 0.116. The van der Waals surface area contributed by atoms with Crippen LogP contribution in [0.2, 0.25) is 0 Å². The highest BCUT2D eigenvalue weighted by atomic mass is 19.1. The van der Waals surface area contributed by atoms with Gasteiger partial charge < -0.3 is 24.3 Å². The van der Waals surface area contributed by atoms with E-state index in [0.717, 1.165) is 50.5 Å². The van der Waals surface area contributed by atoms with Crippen LogP contribution in [0.4, 0.5) is 32.3 Å². The molecule has 0 radical (unpaired) electrons. The zero-order valence-electron chi connectivity index (χ0n) is 41.3. The summed E-state index contributed by atoms with van der Waals surface area (Å²) in [6.07, 6.45) is 18.2. The van der Waals surface area contributed by atoms with Gasteiger partial charge in [-0.2, -0.15) is 15.3 Å². The molecule has 3 aromatic carbocycles. The van der Waals surface area contributed by atoms with Gasteiger partial charge in [-0.15, -0.1) is 0 Å². The number of rotatable bonds is 12. The molecule has 10 aromatic rings. The Morgan fingerprint density at radius 3 is 1.53 bits per heavy atom. The Kier molecular flexibility index (Phi) is 11.6. The molecule has 0 saturated carbocycles. The molecule has 2 fully saturated rings. The first kappa shape index (κ1) is 46.2. The molecule has 0 N–H and O–H groups in total. The van der Waals surface area contributed by atoms with Crippen molar-refractivity contribution in [1.29, 1.82) is 0 Å². The molecule has 0 aliphatic carbocycles. The summed E-state index contributed by atoms with van der Waals surface area (Å²) in [4.78, 5) is 37.7. The third-order valence-electron chi connectivity index (χ3n) is 14.5. The predicted molar refractivity (Wildman–Crippen MR) is 279 cm³/mol. The molecule has 0 amide bonds. The highest BCUT2D eigenvalue weighted by Crippen LogP contribution is 2.43. The van der Waals surface area contributed by atoms with Crippen LogP contribution in [-0.4, -0.2) is 111 Å². The maximum atomic E-state index is 15.4. The van der Waals surface area contributed by atoms with Crippen LogP contribution >= 0.6 is 0 Å². The second-order valence-electron chi connectivity index (χ2n) is 19.5. The maximum absolute atomic E-state index is 15.4. The van der Waals surface area contributed by atoms with Gasteiger partial charge >= 0.3 is 0 Å². The topological polar surface area (TPSA) is 152 Å². The van der Waals surface area contributed by atoms with Gasteiger partial charge in [0.2, 0.25) is 11.9 Å². The first-order valence-corrected chi connectivity index (χ1v) is 24.6. The minimum Gasteiger partial charge on any atom is -0.478 e. The number of hydrogen-bond acceptors (Lipinski definition) is 14. The number of benzene rings is 3. The van der Waals surface area contributed by atoms with Crippen molar-refractivity contribution in [3.63, 3.8) is 0 Å². The zero-order chi connectivity index (χ0) is 50.6. The van der Waals surface area contributed by atoms with Crippen molar-refractivity contribution in [2.75, 3.05) is 72.0 Å². The lowest BCUT2D eigenvalue weighted by molar-refractivity contribution is 0.128. The minimum atomic E-state index is -1.28. The lowest BCUT2D eigenvalue weighted by Gasteiger charge is -2.37. The SMILES string of the molecule is Cn1cc(-c2cc3c(N4CCN(c5ncc(C(C)(C)c6ccc(F)cc6O[C@@](C)(c6ccc(F)cc6)c6cnc(N7CCN(c8ncnn9cc(-c%10ccccc%10)cc89)CC7)nc6)cn5)CC4)ncnn3c2)cn1. The molecule has 19 heteroatoms. The molecule has 12 rings (SSSR count). The fraction of sp³-hybridized carbons (Fsp3) is 0.255. The lowest BCUT2D eigenvalue weighted by Crippen LogP contribution is -2.47. The summed E-state index contributed by atoms with van der Waals surface area (Å²) in [7, 11) is 1.90. The van der Waals surface area contributed by atoms with Crippen molar-refractivity contribution >= 4 is 34.6 Å². The van der Waals surface area contributed by atoms with Crippen molar-refractivity contribution < 1.29 is 13.5 Å². The number of hydrogen-bond donors (Lipinski definition) is 0. The Labute approximate surface area is 425 Å². The van der Waals surface area contributed by atoms with E-state index in [1.54, 1.807) is 47.9 Å². The normalized spacial score (nSPS) is 15.3. The first-order valence-electron chi connectivity index (χ1n) is 24.6. The number of anilines is 4. The van der Waals surface area contributed by atoms with Gasteiger partial charge in [0.05, 0.1) is 6.20 Å². The molecule has 17 nitrogen and oxygen atoms in total. The van der Waals surface area contributed by atoms with Gasteiger partial charge in [0.15, 0.2) is 17.2 Å². The van der Waals surface area contributed by atoms with Crippen molar-refractivity contribution in [3.8, 4) is 28.0 Å². The van der Waals surface area contributed by atoms with Gasteiger partial charge in [0.1, 0.15) is 41.1 Å². The number of aryl methyl sites for hydroxylation is 1. The predicted octanol–water partition coefficient (Wildman–Crippen LogP) is 8.02. The molecule has 2 saturated heterocycles. The van der Waals surface area contributed by atoms with Crippen LogP contribution in [0.5, 0.6) is 5.75 Å². The van der Waals surface area contributed by atoms with Crippen LogP contribution in [0.3, 0.4) is 0 Å². The van der Waals surface area contributed by atoms with Crippen molar-refractivity contribution in [3.05, 3.63) is 181 Å². The highest BCUT2D eigenvalue weighted by Gasteiger charge is 2.37. The fourth-order valence-corrected chi connectivity index (χ4v) is 10.1. The lowest BCUT2D eigenvalue weighted by atomic mass is 9.78. The van der Waals surface area contributed by atoms with E-state index < -0.39 is 22.7 Å². The number of halogens is 2. The molecule has 9 heterocycles. The molecule has 372 valence electrons. The van der Waals surface area contributed by atoms with Crippen molar-refractivity contribution in [2.24, 2.45) is 7.05 Å². The molecule has 1 atom stereocenters. The van der Waals surface area contributed by atoms with E-state index in [2.05, 4.69) is 64.1 Å². The second kappa shape index (κ2) is 18.6. The number of ether oxygens (including phenoxy) is 1. The summed E-state index contributed by atoms with van der Waals surface area (Å²) in [5, 5.41) is 13.3.